The van der Waals surface area contributed by atoms with Crippen molar-refractivity contribution in [1.82, 2.24) is 20.3 Å². The Morgan fingerprint density at radius 1 is 1.27 bits per heavy atom. The summed E-state index contributed by atoms with van der Waals surface area (Å²) < 4.78 is 5.41. The number of H-pyrrole nitrogens is 1. The largest absolute Gasteiger partial charge is 0.360 e. The molecule has 0 aromatic carbocycles. The molecular weight excluding hydrogens is 280 g/mol. The maximum atomic E-state index is 13.0. The lowest BCUT2D eigenvalue weighted by atomic mass is 9.94. The maximum Gasteiger partial charge on any atom is 0.276 e. The van der Waals surface area contributed by atoms with Crippen molar-refractivity contribution in [3.05, 3.63) is 35.0 Å². The highest BCUT2D eigenvalue weighted by molar-refractivity contribution is 5.94. The van der Waals surface area contributed by atoms with Crippen molar-refractivity contribution >= 4 is 5.91 Å². The van der Waals surface area contributed by atoms with E-state index in [1.807, 2.05) is 11.0 Å². The van der Waals surface area contributed by atoms with Crippen LogP contribution >= 0.6 is 0 Å². The van der Waals surface area contributed by atoms with Crippen molar-refractivity contribution in [2.45, 2.75) is 51.0 Å². The number of rotatable bonds is 2. The van der Waals surface area contributed by atoms with E-state index in [4.69, 9.17) is 4.52 Å². The van der Waals surface area contributed by atoms with Gasteiger partial charge < -0.3 is 9.42 Å². The van der Waals surface area contributed by atoms with Crippen LogP contribution in [-0.4, -0.2) is 32.7 Å². The lowest BCUT2D eigenvalue weighted by Gasteiger charge is -2.34. The Morgan fingerprint density at radius 3 is 3.05 bits per heavy atom. The fourth-order valence-electron chi connectivity index (χ4n) is 3.64. The standard InChI is InChI=1S/C16H20N4O2/c21-16(15-11-5-1-2-7-14(11)22-19-15)20-10-4-3-6-13(20)12-8-9-17-18-12/h8-9,13H,1-7,10H2,(H,17,18)/t13-/m0/s1. The van der Waals surface area contributed by atoms with Crippen LogP contribution < -0.4 is 0 Å². The summed E-state index contributed by atoms with van der Waals surface area (Å²) in [5, 5.41) is 11.1. The van der Waals surface area contributed by atoms with E-state index in [0.717, 1.165) is 68.5 Å². The molecule has 6 heteroatoms. The zero-order valence-electron chi connectivity index (χ0n) is 12.5. The summed E-state index contributed by atoms with van der Waals surface area (Å²) in [6.07, 6.45) is 8.91. The molecule has 6 nitrogen and oxygen atoms in total. The number of carbonyl (C=O) groups excluding carboxylic acids is 1. The van der Waals surface area contributed by atoms with Gasteiger partial charge in [0, 0.05) is 24.7 Å². The van der Waals surface area contributed by atoms with E-state index < -0.39 is 0 Å². The number of fused-ring (bicyclic) bond motifs is 1. The minimum Gasteiger partial charge on any atom is -0.360 e. The first kappa shape index (κ1) is 13.5. The second-order valence-corrected chi connectivity index (χ2v) is 6.16. The molecule has 1 amide bonds. The van der Waals surface area contributed by atoms with Crippen molar-refractivity contribution in [1.29, 1.82) is 0 Å². The summed E-state index contributed by atoms with van der Waals surface area (Å²) in [7, 11) is 0. The van der Waals surface area contributed by atoms with Crippen LogP contribution in [0.4, 0.5) is 0 Å². The molecular formula is C16H20N4O2. The van der Waals surface area contributed by atoms with Gasteiger partial charge in [-0.1, -0.05) is 5.16 Å². The normalized spacial score (nSPS) is 21.6. The van der Waals surface area contributed by atoms with E-state index in [0.29, 0.717) is 5.69 Å². The summed E-state index contributed by atoms with van der Waals surface area (Å²) in [5.74, 6) is 0.913. The first-order valence-electron chi connectivity index (χ1n) is 8.12. The van der Waals surface area contributed by atoms with Crippen LogP contribution in [-0.2, 0) is 12.8 Å². The molecule has 0 bridgehead atoms. The van der Waals surface area contributed by atoms with Gasteiger partial charge in [0.25, 0.3) is 5.91 Å². The number of nitrogens with one attached hydrogen (secondary N) is 1. The Kier molecular flexibility index (Phi) is 3.44. The van der Waals surface area contributed by atoms with Gasteiger partial charge in [-0.05, 0) is 44.6 Å². The molecule has 4 rings (SSSR count). The van der Waals surface area contributed by atoms with Crippen LogP contribution in [0.5, 0.6) is 0 Å². The van der Waals surface area contributed by atoms with Gasteiger partial charge >= 0.3 is 0 Å². The third kappa shape index (κ3) is 2.23. The molecule has 116 valence electrons. The highest BCUT2D eigenvalue weighted by Gasteiger charge is 2.33. The Balaban J connectivity index is 1.64. The van der Waals surface area contributed by atoms with Gasteiger partial charge in [-0.25, -0.2) is 0 Å². The van der Waals surface area contributed by atoms with Crippen LogP contribution in [0.3, 0.4) is 0 Å². The quantitative estimate of drug-likeness (QED) is 0.925. The Hall–Kier alpha value is -2.11. The number of aryl methyl sites for hydroxylation is 1. The molecule has 2 aromatic rings. The summed E-state index contributed by atoms with van der Waals surface area (Å²) >= 11 is 0. The van der Waals surface area contributed by atoms with Gasteiger partial charge in [-0.2, -0.15) is 5.10 Å². The molecule has 0 radical (unpaired) electrons. The zero-order chi connectivity index (χ0) is 14.9. The SMILES string of the molecule is O=C(c1noc2c1CCCC2)N1CCCC[C@H]1c1ccn[nH]1. The zero-order valence-corrected chi connectivity index (χ0v) is 12.5. The molecule has 1 N–H and O–H groups in total. The van der Waals surface area contributed by atoms with Crippen molar-refractivity contribution in [3.8, 4) is 0 Å². The first-order valence-corrected chi connectivity index (χ1v) is 8.12. The molecule has 1 atom stereocenters. The fourth-order valence-corrected chi connectivity index (χ4v) is 3.64. The number of nitrogens with zero attached hydrogens (tertiary/aromatic N) is 3. The third-order valence-electron chi connectivity index (χ3n) is 4.80. The van der Waals surface area contributed by atoms with E-state index in [9.17, 15) is 4.79 Å². The second kappa shape index (κ2) is 5.59. The lowest BCUT2D eigenvalue weighted by molar-refractivity contribution is 0.0594. The van der Waals surface area contributed by atoms with E-state index in [2.05, 4.69) is 15.4 Å². The molecule has 1 fully saturated rings. The van der Waals surface area contributed by atoms with E-state index in [-0.39, 0.29) is 11.9 Å². The first-order chi connectivity index (χ1) is 10.8. The molecule has 0 spiro atoms. The predicted molar refractivity (Wildman–Crippen MR) is 79.4 cm³/mol. The second-order valence-electron chi connectivity index (χ2n) is 6.16. The Morgan fingerprint density at radius 2 is 2.18 bits per heavy atom. The third-order valence-corrected chi connectivity index (χ3v) is 4.80. The molecule has 3 heterocycles. The monoisotopic (exact) mass is 300 g/mol. The Bertz CT molecular complexity index is 662. The van der Waals surface area contributed by atoms with Gasteiger partial charge in [-0.15, -0.1) is 0 Å². The van der Waals surface area contributed by atoms with Crippen LogP contribution in [0.25, 0.3) is 0 Å². The number of piperidine rings is 1. The molecule has 22 heavy (non-hydrogen) atoms. The number of aromatic nitrogens is 3. The summed E-state index contributed by atoms with van der Waals surface area (Å²) in [5.41, 5.74) is 2.57. The molecule has 1 aliphatic carbocycles. The van der Waals surface area contributed by atoms with E-state index >= 15 is 0 Å². The van der Waals surface area contributed by atoms with Crippen LogP contribution in [0.2, 0.25) is 0 Å². The average molecular weight is 300 g/mol. The van der Waals surface area contributed by atoms with Crippen molar-refractivity contribution in [2.24, 2.45) is 0 Å². The van der Waals surface area contributed by atoms with Crippen molar-refractivity contribution < 1.29 is 9.32 Å². The molecule has 0 saturated carbocycles. The Labute approximate surface area is 128 Å². The number of aromatic amines is 1. The van der Waals surface area contributed by atoms with E-state index in [1.54, 1.807) is 6.20 Å². The van der Waals surface area contributed by atoms with Crippen LogP contribution in [0, 0.1) is 0 Å². The van der Waals surface area contributed by atoms with Crippen molar-refractivity contribution in [3.63, 3.8) is 0 Å². The van der Waals surface area contributed by atoms with E-state index in [1.165, 1.54) is 0 Å². The lowest BCUT2D eigenvalue weighted by Crippen LogP contribution is -2.39. The van der Waals surface area contributed by atoms with Gasteiger partial charge in [-0.3, -0.25) is 9.89 Å². The van der Waals surface area contributed by atoms with Gasteiger partial charge in [0.05, 0.1) is 11.7 Å². The number of carbonyl (C=O) groups is 1. The maximum absolute atomic E-state index is 13.0. The van der Waals surface area contributed by atoms with Gasteiger partial charge in [0.2, 0.25) is 0 Å². The number of hydrogen-bond donors (Lipinski definition) is 1. The molecule has 0 unspecified atom stereocenters. The highest BCUT2D eigenvalue weighted by atomic mass is 16.5. The minimum absolute atomic E-state index is 0.00574. The van der Waals surface area contributed by atoms with Gasteiger partial charge in [0.15, 0.2) is 5.69 Å². The summed E-state index contributed by atoms with van der Waals surface area (Å²) in [6.45, 7) is 0.768. The molecule has 2 aromatic heterocycles. The molecule has 1 aliphatic heterocycles. The fraction of sp³-hybridized carbons (Fsp3) is 0.562. The molecule has 2 aliphatic rings. The minimum atomic E-state index is 0.00574. The molecule has 1 saturated heterocycles. The summed E-state index contributed by atoms with van der Waals surface area (Å²) in [6, 6.07) is 2.02. The average Bonchev–Trinajstić information content (AvgIpc) is 3.24. The number of likely N-dealkylation sites (tertiary alicyclic amines) is 1. The predicted octanol–water partition coefficient (Wildman–Crippen LogP) is 2.64. The highest BCUT2D eigenvalue weighted by Crippen LogP contribution is 2.32. The van der Waals surface area contributed by atoms with Crippen LogP contribution in [0.15, 0.2) is 16.8 Å². The number of hydrogen-bond acceptors (Lipinski definition) is 4. The van der Waals surface area contributed by atoms with Gasteiger partial charge in [0.1, 0.15) is 5.76 Å². The topological polar surface area (TPSA) is 75.0 Å². The summed E-state index contributed by atoms with van der Waals surface area (Å²) in [4.78, 5) is 14.9. The van der Waals surface area contributed by atoms with Crippen LogP contribution in [0.1, 0.15) is 65.7 Å². The number of amides is 1. The van der Waals surface area contributed by atoms with Crippen molar-refractivity contribution in [2.75, 3.05) is 6.54 Å². The smallest absolute Gasteiger partial charge is 0.276 e.